The molecule has 1 aliphatic carbocycles. The Morgan fingerprint density at radius 3 is 2.69 bits per heavy atom. The van der Waals surface area contributed by atoms with E-state index in [9.17, 15) is 5.11 Å². The summed E-state index contributed by atoms with van der Waals surface area (Å²) in [5.41, 5.74) is -0.592. The van der Waals surface area contributed by atoms with Crippen molar-refractivity contribution in [2.45, 2.75) is 37.3 Å². The van der Waals surface area contributed by atoms with Crippen LogP contribution in [0.5, 0.6) is 0 Å². The van der Waals surface area contributed by atoms with E-state index in [0.29, 0.717) is 12.5 Å². The van der Waals surface area contributed by atoms with Crippen molar-refractivity contribution < 1.29 is 9.84 Å². The quantitative estimate of drug-likeness (QED) is 0.671. The lowest BCUT2D eigenvalue weighted by molar-refractivity contribution is -0.0703. The lowest BCUT2D eigenvalue weighted by Crippen LogP contribution is -2.52. The lowest BCUT2D eigenvalue weighted by Gasteiger charge is -2.33. The largest absolute Gasteiger partial charge is 0.386 e. The Morgan fingerprint density at radius 2 is 2.23 bits per heavy atom. The van der Waals surface area contributed by atoms with Gasteiger partial charge in [0, 0.05) is 13.2 Å². The van der Waals surface area contributed by atoms with Crippen molar-refractivity contribution in [2.24, 2.45) is 5.92 Å². The monoisotopic (exact) mass is 185 g/mol. The second-order valence-corrected chi connectivity index (χ2v) is 4.35. The molecule has 0 radical (unpaired) electrons. The third kappa shape index (κ3) is 1.73. The molecule has 13 heavy (non-hydrogen) atoms. The lowest BCUT2D eigenvalue weighted by atomic mass is 9.88. The molecule has 1 saturated carbocycles. The van der Waals surface area contributed by atoms with Crippen LogP contribution in [0.4, 0.5) is 0 Å². The molecule has 0 spiro atoms. The molecule has 2 aliphatic rings. The molecule has 0 aromatic rings. The first-order chi connectivity index (χ1) is 6.27. The van der Waals surface area contributed by atoms with Crippen LogP contribution in [0.15, 0.2) is 0 Å². The van der Waals surface area contributed by atoms with Crippen LogP contribution in [0.25, 0.3) is 0 Å². The number of aliphatic hydroxyl groups is 1. The zero-order valence-corrected chi connectivity index (χ0v) is 8.25. The van der Waals surface area contributed by atoms with Crippen LogP contribution in [0.1, 0.15) is 25.7 Å². The standard InChI is InChI=1S/C10H19NO2/c1-13-7-10(12,8-4-5-8)9-3-2-6-11-9/h8-9,11-12H,2-7H2,1H3. The van der Waals surface area contributed by atoms with Gasteiger partial charge in [-0.2, -0.15) is 0 Å². The molecule has 2 N–H and O–H groups in total. The van der Waals surface area contributed by atoms with Crippen molar-refractivity contribution in [3.63, 3.8) is 0 Å². The Kier molecular flexibility index (Phi) is 2.58. The van der Waals surface area contributed by atoms with Crippen LogP contribution in [-0.4, -0.2) is 37.0 Å². The van der Waals surface area contributed by atoms with Crippen molar-refractivity contribution in [1.29, 1.82) is 0 Å². The summed E-state index contributed by atoms with van der Waals surface area (Å²) in [4.78, 5) is 0. The molecule has 0 bridgehead atoms. The predicted molar refractivity (Wildman–Crippen MR) is 50.6 cm³/mol. The summed E-state index contributed by atoms with van der Waals surface area (Å²) in [7, 11) is 1.67. The maximum absolute atomic E-state index is 10.5. The fraction of sp³-hybridized carbons (Fsp3) is 1.00. The van der Waals surface area contributed by atoms with Crippen molar-refractivity contribution >= 4 is 0 Å². The average molecular weight is 185 g/mol. The molecule has 2 rings (SSSR count). The van der Waals surface area contributed by atoms with Crippen molar-refractivity contribution in [3.05, 3.63) is 0 Å². The van der Waals surface area contributed by atoms with Crippen molar-refractivity contribution in [3.8, 4) is 0 Å². The molecule has 2 fully saturated rings. The molecule has 0 aromatic heterocycles. The van der Waals surface area contributed by atoms with Crippen LogP contribution in [0, 0.1) is 5.92 Å². The van der Waals surface area contributed by atoms with E-state index in [1.807, 2.05) is 0 Å². The zero-order valence-electron chi connectivity index (χ0n) is 8.25. The molecular formula is C10H19NO2. The summed E-state index contributed by atoms with van der Waals surface area (Å²) >= 11 is 0. The molecule has 1 aliphatic heterocycles. The molecule has 76 valence electrons. The van der Waals surface area contributed by atoms with Gasteiger partial charge in [0.05, 0.1) is 6.61 Å². The highest BCUT2D eigenvalue weighted by Gasteiger charge is 2.49. The number of ether oxygens (including phenoxy) is 1. The van der Waals surface area contributed by atoms with Crippen molar-refractivity contribution in [1.82, 2.24) is 5.32 Å². The summed E-state index contributed by atoms with van der Waals surface area (Å²) in [6, 6.07) is 0.264. The Hall–Kier alpha value is -0.120. The Morgan fingerprint density at radius 1 is 1.46 bits per heavy atom. The van der Waals surface area contributed by atoms with E-state index < -0.39 is 5.60 Å². The van der Waals surface area contributed by atoms with Gasteiger partial charge in [0.15, 0.2) is 0 Å². The van der Waals surface area contributed by atoms with E-state index in [1.165, 1.54) is 6.42 Å². The molecular weight excluding hydrogens is 166 g/mol. The van der Waals surface area contributed by atoms with Crippen LogP contribution < -0.4 is 5.32 Å². The smallest absolute Gasteiger partial charge is 0.106 e. The molecule has 1 heterocycles. The molecule has 0 aromatic carbocycles. The number of methoxy groups -OCH3 is 1. The van der Waals surface area contributed by atoms with Gasteiger partial charge in [-0.05, 0) is 38.1 Å². The average Bonchev–Trinajstić information content (AvgIpc) is 2.82. The third-order valence-corrected chi connectivity index (χ3v) is 3.32. The molecule has 3 heteroatoms. The second-order valence-electron chi connectivity index (χ2n) is 4.35. The normalized spacial score (nSPS) is 33.2. The van der Waals surface area contributed by atoms with E-state index in [-0.39, 0.29) is 6.04 Å². The van der Waals surface area contributed by atoms with E-state index in [2.05, 4.69) is 5.32 Å². The first-order valence-corrected chi connectivity index (χ1v) is 5.22. The molecule has 0 amide bonds. The number of rotatable bonds is 4. The first kappa shape index (κ1) is 9.44. The number of nitrogens with one attached hydrogen (secondary N) is 1. The molecule has 2 unspecified atom stereocenters. The van der Waals surface area contributed by atoms with Crippen LogP contribution in [0.3, 0.4) is 0 Å². The second kappa shape index (κ2) is 3.56. The summed E-state index contributed by atoms with van der Waals surface area (Å²) < 4.78 is 5.13. The van der Waals surface area contributed by atoms with Crippen LogP contribution in [0.2, 0.25) is 0 Å². The Bertz CT molecular complexity index is 176. The van der Waals surface area contributed by atoms with Crippen molar-refractivity contribution in [2.75, 3.05) is 20.3 Å². The van der Waals surface area contributed by atoms with Gasteiger partial charge in [-0.25, -0.2) is 0 Å². The van der Waals surface area contributed by atoms with E-state index in [4.69, 9.17) is 4.74 Å². The minimum absolute atomic E-state index is 0.264. The molecule has 2 atom stereocenters. The van der Waals surface area contributed by atoms with Crippen LogP contribution >= 0.6 is 0 Å². The minimum atomic E-state index is -0.592. The fourth-order valence-corrected chi connectivity index (χ4v) is 2.43. The fourth-order valence-electron chi connectivity index (χ4n) is 2.43. The number of hydrogen-bond acceptors (Lipinski definition) is 3. The summed E-state index contributed by atoms with van der Waals surface area (Å²) in [5, 5.41) is 13.8. The highest BCUT2D eigenvalue weighted by Crippen LogP contribution is 2.43. The van der Waals surface area contributed by atoms with Gasteiger partial charge in [0.1, 0.15) is 5.60 Å². The third-order valence-electron chi connectivity index (χ3n) is 3.32. The minimum Gasteiger partial charge on any atom is -0.386 e. The maximum atomic E-state index is 10.5. The number of hydrogen-bond donors (Lipinski definition) is 2. The first-order valence-electron chi connectivity index (χ1n) is 5.22. The summed E-state index contributed by atoms with van der Waals surface area (Å²) in [6.45, 7) is 1.53. The van der Waals surface area contributed by atoms with Gasteiger partial charge in [0.2, 0.25) is 0 Å². The summed E-state index contributed by atoms with van der Waals surface area (Å²) in [5.74, 6) is 0.475. The maximum Gasteiger partial charge on any atom is 0.106 e. The highest BCUT2D eigenvalue weighted by atomic mass is 16.5. The van der Waals surface area contributed by atoms with Crippen LogP contribution in [-0.2, 0) is 4.74 Å². The van der Waals surface area contributed by atoms with E-state index in [0.717, 1.165) is 25.8 Å². The topological polar surface area (TPSA) is 41.5 Å². The Labute approximate surface area is 79.5 Å². The van der Waals surface area contributed by atoms with E-state index in [1.54, 1.807) is 7.11 Å². The van der Waals surface area contributed by atoms with Gasteiger partial charge in [-0.3, -0.25) is 0 Å². The van der Waals surface area contributed by atoms with Gasteiger partial charge in [-0.1, -0.05) is 0 Å². The van der Waals surface area contributed by atoms with Gasteiger partial charge in [-0.15, -0.1) is 0 Å². The Balaban J connectivity index is 2.01. The van der Waals surface area contributed by atoms with Gasteiger partial charge in [0.25, 0.3) is 0 Å². The highest BCUT2D eigenvalue weighted by molar-refractivity contribution is 5.04. The zero-order chi connectivity index (χ0) is 9.31. The molecule has 3 nitrogen and oxygen atoms in total. The summed E-state index contributed by atoms with van der Waals surface area (Å²) in [6.07, 6.45) is 4.61. The van der Waals surface area contributed by atoms with Gasteiger partial charge >= 0.3 is 0 Å². The van der Waals surface area contributed by atoms with Gasteiger partial charge < -0.3 is 15.2 Å². The molecule has 1 saturated heterocycles. The predicted octanol–water partition coefficient (Wildman–Crippen LogP) is 0.526. The van der Waals surface area contributed by atoms with E-state index >= 15 is 0 Å². The SMILES string of the molecule is COCC(O)(C1CC1)C1CCCN1.